The number of rotatable bonds is 3. The van der Waals surface area contributed by atoms with E-state index in [1.54, 1.807) is 18.2 Å². The lowest BCUT2D eigenvalue weighted by Gasteiger charge is -1.94. The van der Waals surface area contributed by atoms with E-state index in [9.17, 15) is 4.39 Å². The second-order valence-corrected chi connectivity index (χ2v) is 4.52. The maximum absolute atomic E-state index is 13.6. The molecule has 102 valence electrons. The Labute approximate surface area is 113 Å². The van der Waals surface area contributed by atoms with Gasteiger partial charge in [-0.1, -0.05) is 36.3 Å². The molecule has 2 aromatic heterocycles. The van der Waals surface area contributed by atoms with E-state index >= 15 is 0 Å². The molecule has 20 heavy (non-hydrogen) atoms. The molecule has 0 atom stereocenters. The van der Waals surface area contributed by atoms with Crippen molar-refractivity contribution in [2.24, 2.45) is 0 Å². The summed E-state index contributed by atoms with van der Waals surface area (Å²) in [6.45, 7) is 3.88. The molecule has 0 radical (unpaired) electrons. The zero-order chi connectivity index (χ0) is 14.1. The van der Waals surface area contributed by atoms with Crippen LogP contribution in [0.3, 0.4) is 0 Å². The average molecular weight is 274 g/mol. The van der Waals surface area contributed by atoms with Gasteiger partial charge in [0.15, 0.2) is 5.82 Å². The van der Waals surface area contributed by atoms with Gasteiger partial charge in [-0.2, -0.15) is 9.97 Å². The zero-order valence-corrected chi connectivity index (χ0v) is 10.9. The van der Waals surface area contributed by atoms with Crippen LogP contribution in [0, 0.1) is 5.82 Å². The largest absolute Gasteiger partial charge is 0.329 e. The van der Waals surface area contributed by atoms with Crippen LogP contribution in [0.5, 0.6) is 0 Å². The van der Waals surface area contributed by atoms with Crippen molar-refractivity contribution in [3.63, 3.8) is 0 Å². The molecule has 0 saturated heterocycles. The number of hydrogen-bond donors (Lipinski definition) is 0. The first-order chi connectivity index (χ1) is 9.65. The number of aromatic nitrogens is 4. The summed E-state index contributed by atoms with van der Waals surface area (Å²) in [7, 11) is 0. The van der Waals surface area contributed by atoms with Crippen LogP contribution < -0.4 is 0 Å². The van der Waals surface area contributed by atoms with Crippen molar-refractivity contribution in [1.82, 2.24) is 20.3 Å². The van der Waals surface area contributed by atoms with Gasteiger partial charge in [0.2, 0.25) is 5.82 Å². The van der Waals surface area contributed by atoms with Gasteiger partial charge in [-0.25, -0.2) is 4.39 Å². The molecule has 2 heterocycles. The molecule has 7 heteroatoms. The summed E-state index contributed by atoms with van der Waals surface area (Å²) in [6.07, 6.45) is 0. The Hall–Kier alpha value is -2.57. The molecular weight excluding hydrogens is 263 g/mol. The minimum Gasteiger partial charge on any atom is -0.329 e. The van der Waals surface area contributed by atoms with E-state index < -0.39 is 5.82 Å². The van der Waals surface area contributed by atoms with Crippen LogP contribution in [-0.2, 0) is 0 Å². The summed E-state index contributed by atoms with van der Waals surface area (Å²) in [5, 5.41) is 7.53. The molecular formula is C13H11FN4O2. The van der Waals surface area contributed by atoms with Crippen LogP contribution in [0.4, 0.5) is 4.39 Å². The van der Waals surface area contributed by atoms with E-state index in [-0.39, 0.29) is 29.1 Å². The first kappa shape index (κ1) is 12.5. The minimum absolute atomic E-state index is 0.0719. The van der Waals surface area contributed by atoms with Gasteiger partial charge in [0.25, 0.3) is 0 Å². The predicted molar refractivity (Wildman–Crippen MR) is 67.1 cm³/mol. The lowest BCUT2D eigenvalue weighted by Crippen LogP contribution is -1.89. The van der Waals surface area contributed by atoms with Gasteiger partial charge in [0.05, 0.1) is 5.56 Å². The summed E-state index contributed by atoms with van der Waals surface area (Å²) in [4.78, 5) is 8.21. The fraction of sp³-hybridized carbons (Fsp3) is 0.231. The predicted octanol–water partition coefficient (Wildman–Crippen LogP) is 3.05. The molecule has 0 saturated carbocycles. The number of hydrogen-bond acceptors (Lipinski definition) is 6. The Kier molecular flexibility index (Phi) is 3.02. The van der Waals surface area contributed by atoms with Crippen molar-refractivity contribution < 1.29 is 13.4 Å². The fourth-order valence-electron chi connectivity index (χ4n) is 1.62. The average Bonchev–Trinajstić information content (AvgIpc) is 3.08. The molecule has 6 nitrogen and oxygen atoms in total. The molecule has 3 rings (SSSR count). The van der Waals surface area contributed by atoms with E-state index in [1.165, 1.54) is 6.07 Å². The molecule has 3 aromatic rings. The highest BCUT2D eigenvalue weighted by Crippen LogP contribution is 2.23. The van der Waals surface area contributed by atoms with E-state index in [1.807, 2.05) is 13.8 Å². The lowest BCUT2D eigenvalue weighted by atomic mass is 10.2. The van der Waals surface area contributed by atoms with Crippen LogP contribution in [0.2, 0.25) is 0 Å². The molecule has 0 N–H and O–H groups in total. The highest BCUT2D eigenvalue weighted by molar-refractivity contribution is 5.56. The van der Waals surface area contributed by atoms with Gasteiger partial charge in [0.1, 0.15) is 5.82 Å². The molecule has 1 aromatic carbocycles. The van der Waals surface area contributed by atoms with Crippen molar-refractivity contribution in [3.8, 4) is 23.2 Å². The first-order valence-electron chi connectivity index (χ1n) is 6.07. The van der Waals surface area contributed by atoms with Gasteiger partial charge >= 0.3 is 11.8 Å². The van der Waals surface area contributed by atoms with Crippen LogP contribution in [0.15, 0.2) is 33.3 Å². The van der Waals surface area contributed by atoms with Crippen molar-refractivity contribution in [1.29, 1.82) is 0 Å². The third-order valence-corrected chi connectivity index (χ3v) is 2.68. The monoisotopic (exact) mass is 274 g/mol. The molecule has 0 bridgehead atoms. The molecule has 0 spiro atoms. The molecule has 0 amide bonds. The summed E-state index contributed by atoms with van der Waals surface area (Å²) in [5.74, 6) is 0.592. The lowest BCUT2D eigenvalue weighted by molar-refractivity contribution is 0.378. The van der Waals surface area contributed by atoms with Crippen molar-refractivity contribution in [2.75, 3.05) is 0 Å². The highest BCUT2D eigenvalue weighted by atomic mass is 19.1. The van der Waals surface area contributed by atoms with E-state index in [2.05, 4.69) is 20.3 Å². The normalized spacial score (nSPS) is 11.2. The molecule has 0 fully saturated rings. The van der Waals surface area contributed by atoms with Gasteiger partial charge < -0.3 is 9.05 Å². The van der Waals surface area contributed by atoms with Crippen LogP contribution in [-0.4, -0.2) is 20.3 Å². The maximum atomic E-state index is 13.6. The van der Waals surface area contributed by atoms with Crippen molar-refractivity contribution in [3.05, 3.63) is 35.9 Å². The second kappa shape index (κ2) is 4.84. The molecule has 0 aliphatic rings. The number of nitrogens with zero attached hydrogens (tertiary/aromatic N) is 4. The third-order valence-electron chi connectivity index (χ3n) is 2.68. The quantitative estimate of drug-likeness (QED) is 0.730. The highest BCUT2D eigenvalue weighted by Gasteiger charge is 2.19. The van der Waals surface area contributed by atoms with E-state index in [0.29, 0.717) is 5.82 Å². The van der Waals surface area contributed by atoms with E-state index in [0.717, 1.165) is 0 Å². The smallest absolute Gasteiger partial charge is 0.316 e. The van der Waals surface area contributed by atoms with Gasteiger partial charge in [-0.3, -0.25) is 0 Å². The van der Waals surface area contributed by atoms with Crippen molar-refractivity contribution in [2.45, 2.75) is 19.8 Å². The minimum atomic E-state index is -0.423. The first-order valence-corrected chi connectivity index (χ1v) is 6.07. The molecule has 0 aliphatic carbocycles. The Bertz CT molecular complexity index is 735. The summed E-state index contributed by atoms with van der Waals surface area (Å²) in [6, 6.07) is 6.18. The summed E-state index contributed by atoms with van der Waals surface area (Å²) < 4.78 is 23.7. The topological polar surface area (TPSA) is 77.8 Å². The fourth-order valence-corrected chi connectivity index (χ4v) is 1.62. The van der Waals surface area contributed by atoms with Crippen LogP contribution >= 0.6 is 0 Å². The Morgan fingerprint density at radius 3 is 2.40 bits per heavy atom. The summed E-state index contributed by atoms with van der Waals surface area (Å²) >= 11 is 0. The Morgan fingerprint density at radius 1 is 1.00 bits per heavy atom. The SMILES string of the molecule is CC(C)c1noc(-c2nc(-c3ccccc3F)no2)n1. The standard InChI is InChI=1S/C13H11FN4O2/c1-7(2)10-15-12(19-17-10)13-16-11(18-20-13)8-5-3-4-6-9(8)14/h3-7H,1-2H3. The van der Waals surface area contributed by atoms with Gasteiger partial charge in [0, 0.05) is 5.92 Å². The Morgan fingerprint density at radius 2 is 1.70 bits per heavy atom. The zero-order valence-electron chi connectivity index (χ0n) is 10.9. The van der Waals surface area contributed by atoms with Crippen LogP contribution in [0.1, 0.15) is 25.6 Å². The summed E-state index contributed by atoms with van der Waals surface area (Å²) in [5.41, 5.74) is 0.256. The number of benzene rings is 1. The van der Waals surface area contributed by atoms with Gasteiger partial charge in [-0.15, -0.1) is 0 Å². The maximum Gasteiger partial charge on any atom is 0.316 e. The van der Waals surface area contributed by atoms with Crippen LogP contribution in [0.25, 0.3) is 23.2 Å². The van der Waals surface area contributed by atoms with Crippen molar-refractivity contribution >= 4 is 0 Å². The van der Waals surface area contributed by atoms with E-state index in [4.69, 9.17) is 9.05 Å². The third kappa shape index (κ3) is 2.18. The van der Waals surface area contributed by atoms with Gasteiger partial charge in [-0.05, 0) is 12.1 Å². The second-order valence-electron chi connectivity index (χ2n) is 4.52. The molecule has 0 unspecified atom stereocenters. The molecule has 0 aliphatic heterocycles. The Balaban J connectivity index is 1.96. The number of halogens is 1.